The summed E-state index contributed by atoms with van der Waals surface area (Å²) in [6, 6.07) is 9.48. The maximum atomic E-state index is 12.8. The SMILES string of the molecule is N#Cc1c(N2CCC(c3ccc4c(c3)CCC4)CC2)nc2c(c1NC1(CO)CCC1)[S@@](=O)CC2. The van der Waals surface area contributed by atoms with Crippen LogP contribution in [0.4, 0.5) is 11.5 Å². The Hall–Kier alpha value is -2.43. The van der Waals surface area contributed by atoms with E-state index in [0.717, 1.165) is 56.7 Å². The quantitative estimate of drug-likeness (QED) is 0.682. The van der Waals surface area contributed by atoms with Crippen LogP contribution >= 0.6 is 0 Å². The first kappa shape index (κ1) is 22.1. The number of aromatic nitrogens is 1. The van der Waals surface area contributed by atoms with Crippen LogP contribution in [0.5, 0.6) is 0 Å². The van der Waals surface area contributed by atoms with Gasteiger partial charge in [0.25, 0.3) is 0 Å². The van der Waals surface area contributed by atoms with E-state index in [4.69, 9.17) is 4.98 Å². The van der Waals surface area contributed by atoms with E-state index in [-0.39, 0.29) is 6.61 Å². The number of hydrogen-bond acceptors (Lipinski definition) is 6. The summed E-state index contributed by atoms with van der Waals surface area (Å²) >= 11 is 0. The number of benzene rings is 1. The number of fused-ring (bicyclic) bond motifs is 2. The number of nitrogens with zero attached hydrogens (tertiary/aromatic N) is 3. The van der Waals surface area contributed by atoms with Crippen LogP contribution in [0.1, 0.15) is 72.4 Å². The number of piperidine rings is 1. The van der Waals surface area contributed by atoms with Crippen molar-refractivity contribution in [3.05, 3.63) is 46.1 Å². The van der Waals surface area contributed by atoms with Crippen molar-refractivity contribution < 1.29 is 9.32 Å². The lowest BCUT2D eigenvalue weighted by molar-refractivity contribution is 0.144. The Bertz CT molecular complexity index is 1190. The molecule has 0 unspecified atom stereocenters. The summed E-state index contributed by atoms with van der Waals surface area (Å²) in [6.07, 6.45) is 9.22. The minimum atomic E-state index is -1.16. The Morgan fingerprint density at radius 2 is 1.97 bits per heavy atom. The number of aliphatic hydroxyl groups is 1. The molecule has 3 heterocycles. The molecule has 2 aliphatic heterocycles. The Balaban J connectivity index is 1.29. The molecular weight excluding hydrogens is 444 g/mol. The number of nitriles is 1. The van der Waals surface area contributed by atoms with E-state index >= 15 is 0 Å². The number of aryl methyl sites for hydroxylation is 3. The molecule has 34 heavy (non-hydrogen) atoms. The third kappa shape index (κ3) is 3.63. The fourth-order valence-corrected chi connectivity index (χ4v) is 7.60. The van der Waals surface area contributed by atoms with Crippen LogP contribution in [0.15, 0.2) is 23.1 Å². The van der Waals surface area contributed by atoms with E-state index in [0.29, 0.717) is 34.2 Å². The summed E-state index contributed by atoms with van der Waals surface area (Å²) in [5.74, 6) is 1.82. The largest absolute Gasteiger partial charge is 0.394 e. The topological polar surface area (TPSA) is 89.2 Å². The second-order valence-corrected chi connectivity index (χ2v) is 11.9. The van der Waals surface area contributed by atoms with Crippen molar-refractivity contribution in [2.45, 2.75) is 74.1 Å². The first-order valence-corrected chi connectivity index (χ1v) is 14.0. The van der Waals surface area contributed by atoms with Crippen LogP contribution in [-0.2, 0) is 30.1 Å². The van der Waals surface area contributed by atoms with Crippen molar-refractivity contribution in [1.82, 2.24) is 4.98 Å². The molecule has 0 radical (unpaired) electrons. The zero-order chi connectivity index (χ0) is 23.3. The third-order valence-electron chi connectivity index (χ3n) is 8.46. The van der Waals surface area contributed by atoms with Crippen molar-refractivity contribution in [2.24, 2.45) is 0 Å². The van der Waals surface area contributed by atoms with Gasteiger partial charge in [0.2, 0.25) is 0 Å². The van der Waals surface area contributed by atoms with Crippen LogP contribution in [0, 0.1) is 11.3 Å². The molecule has 2 aromatic rings. The Labute approximate surface area is 203 Å². The molecule has 2 N–H and O–H groups in total. The van der Waals surface area contributed by atoms with Crippen molar-refractivity contribution >= 4 is 22.3 Å². The van der Waals surface area contributed by atoms with E-state index in [1.165, 1.54) is 36.0 Å². The minimum Gasteiger partial charge on any atom is -0.394 e. The van der Waals surface area contributed by atoms with E-state index in [9.17, 15) is 14.6 Å². The van der Waals surface area contributed by atoms with Gasteiger partial charge in [0.05, 0.1) is 39.2 Å². The average Bonchev–Trinajstić information content (AvgIpc) is 3.47. The maximum absolute atomic E-state index is 12.8. The van der Waals surface area contributed by atoms with Gasteiger partial charge in [-0.2, -0.15) is 5.26 Å². The molecule has 6 nitrogen and oxygen atoms in total. The van der Waals surface area contributed by atoms with Crippen molar-refractivity contribution in [2.75, 3.05) is 35.7 Å². The summed E-state index contributed by atoms with van der Waals surface area (Å²) in [5, 5.41) is 23.7. The van der Waals surface area contributed by atoms with Crippen molar-refractivity contribution in [3.8, 4) is 6.07 Å². The fourth-order valence-electron chi connectivity index (χ4n) is 6.23. The zero-order valence-corrected chi connectivity index (χ0v) is 20.4. The Kier molecular flexibility index (Phi) is 5.62. The van der Waals surface area contributed by atoms with Gasteiger partial charge < -0.3 is 15.3 Å². The van der Waals surface area contributed by atoms with Crippen LogP contribution in [0.2, 0.25) is 0 Å². The Morgan fingerprint density at radius 1 is 1.18 bits per heavy atom. The molecule has 0 bridgehead atoms. The number of nitrogens with one attached hydrogen (secondary N) is 1. The van der Waals surface area contributed by atoms with Gasteiger partial charge in [-0.1, -0.05) is 18.2 Å². The highest BCUT2D eigenvalue weighted by atomic mass is 32.2. The molecular formula is C27H32N4O2S. The lowest BCUT2D eigenvalue weighted by Crippen LogP contribution is -2.48. The van der Waals surface area contributed by atoms with Crippen LogP contribution in [-0.4, -0.2) is 45.3 Å². The smallest absolute Gasteiger partial charge is 0.149 e. The van der Waals surface area contributed by atoms with Crippen LogP contribution in [0.3, 0.4) is 0 Å². The molecule has 1 aromatic heterocycles. The molecule has 1 saturated heterocycles. The monoisotopic (exact) mass is 476 g/mol. The van der Waals surface area contributed by atoms with E-state index in [2.05, 4.69) is 34.5 Å². The molecule has 1 aromatic carbocycles. The lowest BCUT2D eigenvalue weighted by Gasteiger charge is -2.42. The highest BCUT2D eigenvalue weighted by Gasteiger charge is 2.40. The number of anilines is 2. The number of pyridine rings is 1. The summed E-state index contributed by atoms with van der Waals surface area (Å²) in [4.78, 5) is 7.85. The third-order valence-corrected chi connectivity index (χ3v) is 9.93. The van der Waals surface area contributed by atoms with Gasteiger partial charge in [0, 0.05) is 25.3 Å². The van der Waals surface area contributed by atoms with Gasteiger partial charge in [0.15, 0.2) is 0 Å². The highest BCUT2D eigenvalue weighted by molar-refractivity contribution is 7.85. The second kappa shape index (κ2) is 8.66. The molecule has 6 rings (SSSR count). The first-order valence-electron chi connectivity index (χ1n) is 12.7. The predicted molar refractivity (Wildman–Crippen MR) is 134 cm³/mol. The molecule has 1 saturated carbocycles. The van der Waals surface area contributed by atoms with Gasteiger partial charge in [0.1, 0.15) is 17.5 Å². The molecule has 0 amide bonds. The first-order chi connectivity index (χ1) is 16.6. The minimum absolute atomic E-state index is 0.0170. The normalized spacial score (nSPS) is 23.2. The van der Waals surface area contributed by atoms with Crippen LogP contribution < -0.4 is 10.2 Å². The van der Waals surface area contributed by atoms with Crippen molar-refractivity contribution in [1.29, 1.82) is 5.26 Å². The van der Waals surface area contributed by atoms with Gasteiger partial charge in [-0.25, -0.2) is 4.98 Å². The Morgan fingerprint density at radius 3 is 2.68 bits per heavy atom. The van der Waals surface area contributed by atoms with E-state index in [1.54, 1.807) is 0 Å². The average molecular weight is 477 g/mol. The molecule has 2 fully saturated rings. The van der Waals surface area contributed by atoms with Gasteiger partial charge in [-0.3, -0.25) is 4.21 Å². The van der Waals surface area contributed by atoms with Gasteiger partial charge >= 0.3 is 0 Å². The molecule has 178 valence electrons. The summed E-state index contributed by atoms with van der Waals surface area (Å²) in [5.41, 5.74) is 6.10. The number of rotatable bonds is 5. The second-order valence-electron chi connectivity index (χ2n) is 10.4. The maximum Gasteiger partial charge on any atom is 0.149 e. The summed E-state index contributed by atoms with van der Waals surface area (Å²) in [7, 11) is -1.16. The molecule has 2 aliphatic carbocycles. The highest BCUT2D eigenvalue weighted by Crippen LogP contribution is 2.43. The van der Waals surface area contributed by atoms with Gasteiger partial charge in [-0.15, -0.1) is 0 Å². The molecule has 7 heteroatoms. The van der Waals surface area contributed by atoms with E-state index < -0.39 is 16.3 Å². The molecule has 0 spiro atoms. The number of aliphatic hydroxyl groups excluding tert-OH is 1. The van der Waals surface area contributed by atoms with Gasteiger partial charge in [-0.05, 0) is 74.0 Å². The predicted octanol–water partition coefficient (Wildman–Crippen LogP) is 3.82. The van der Waals surface area contributed by atoms with Crippen LogP contribution in [0.25, 0.3) is 0 Å². The van der Waals surface area contributed by atoms with E-state index in [1.807, 2.05) is 0 Å². The standard InChI is InChI=1S/C27H32N4O2S/c28-16-22-24(30-27(17-32)10-2-11-27)25-23(9-14-34(25)33)29-26(22)31-12-7-19(8-13-31)21-6-5-18-3-1-4-20(18)15-21/h5-6,15,19,32H,1-4,7-14,17H2,(H,29,30)/t34-/m0/s1. The molecule has 4 aliphatic rings. The molecule has 1 atom stereocenters. The number of hydrogen-bond donors (Lipinski definition) is 2. The summed E-state index contributed by atoms with van der Waals surface area (Å²) in [6.45, 7) is 1.73. The summed E-state index contributed by atoms with van der Waals surface area (Å²) < 4.78 is 12.8. The zero-order valence-electron chi connectivity index (χ0n) is 19.6. The van der Waals surface area contributed by atoms with Crippen molar-refractivity contribution in [3.63, 3.8) is 0 Å². The lowest BCUT2D eigenvalue weighted by atomic mass is 9.77. The fraction of sp³-hybridized carbons (Fsp3) is 0.556.